The molecule has 1 aromatic carbocycles. The van der Waals surface area contributed by atoms with Gasteiger partial charge in [-0.15, -0.1) is 11.3 Å². The summed E-state index contributed by atoms with van der Waals surface area (Å²) in [6.45, 7) is 3.21. The van der Waals surface area contributed by atoms with Crippen LogP contribution in [-0.2, 0) is 4.74 Å². The summed E-state index contributed by atoms with van der Waals surface area (Å²) in [5.74, 6) is -3.34. The monoisotopic (exact) mass is 441 g/mol. The maximum absolute atomic E-state index is 13.8. The average Bonchev–Trinajstić information content (AvgIpc) is 3.40. The van der Waals surface area contributed by atoms with Gasteiger partial charge < -0.3 is 4.74 Å². The van der Waals surface area contributed by atoms with Gasteiger partial charge in [0.05, 0.1) is 33.3 Å². The van der Waals surface area contributed by atoms with Gasteiger partial charge in [0.1, 0.15) is 11.6 Å². The number of fused-ring (bicyclic) bond motifs is 1. The summed E-state index contributed by atoms with van der Waals surface area (Å²) >= 11 is 1.47. The van der Waals surface area contributed by atoms with Gasteiger partial charge in [-0.25, -0.2) is 23.2 Å². The van der Waals surface area contributed by atoms with E-state index in [4.69, 9.17) is 4.74 Å². The van der Waals surface area contributed by atoms with Gasteiger partial charge in [-0.3, -0.25) is 4.79 Å². The third kappa shape index (κ3) is 4.09. The smallest absolute Gasteiger partial charge is 0.339 e. The number of halogens is 2. The van der Waals surface area contributed by atoms with E-state index in [0.29, 0.717) is 22.8 Å². The predicted octanol–water partition coefficient (Wildman–Crippen LogP) is 5.06. The molecule has 0 aliphatic heterocycles. The van der Waals surface area contributed by atoms with Crippen molar-refractivity contribution in [3.63, 3.8) is 0 Å². The molecule has 31 heavy (non-hydrogen) atoms. The number of nitrogens with zero attached hydrogens (tertiary/aromatic N) is 3. The highest BCUT2D eigenvalue weighted by molar-refractivity contribution is 7.13. The zero-order valence-electron chi connectivity index (χ0n) is 16.6. The summed E-state index contributed by atoms with van der Waals surface area (Å²) in [6, 6.07) is 7.95. The third-order valence-corrected chi connectivity index (χ3v) is 5.51. The minimum atomic E-state index is -1.01. The van der Waals surface area contributed by atoms with Crippen LogP contribution in [0.1, 0.15) is 40.6 Å². The molecular formula is C22H17F2N3O3S. The summed E-state index contributed by atoms with van der Waals surface area (Å²) in [4.78, 5) is 30.6. The number of esters is 1. The van der Waals surface area contributed by atoms with Crippen LogP contribution >= 0.6 is 11.3 Å². The number of benzene rings is 1. The van der Waals surface area contributed by atoms with Gasteiger partial charge in [0.15, 0.2) is 12.3 Å². The molecule has 0 amide bonds. The fourth-order valence-electron chi connectivity index (χ4n) is 3.12. The second-order valence-corrected chi connectivity index (χ2v) is 8.02. The number of hydrogen-bond donors (Lipinski definition) is 0. The number of pyridine rings is 1. The second-order valence-electron chi connectivity index (χ2n) is 7.08. The molecule has 0 aliphatic rings. The highest BCUT2D eigenvalue weighted by atomic mass is 32.1. The molecular weight excluding hydrogens is 424 g/mol. The van der Waals surface area contributed by atoms with Crippen molar-refractivity contribution < 1.29 is 23.1 Å². The van der Waals surface area contributed by atoms with E-state index < -0.39 is 30.0 Å². The first kappa shape index (κ1) is 20.8. The van der Waals surface area contributed by atoms with Crippen molar-refractivity contribution in [2.75, 3.05) is 6.61 Å². The normalized spacial score (nSPS) is 11.3. The first-order valence-corrected chi connectivity index (χ1v) is 10.3. The molecule has 0 radical (unpaired) electrons. The van der Waals surface area contributed by atoms with Crippen LogP contribution in [0.25, 0.3) is 21.6 Å². The van der Waals surface area contributed by atoms with Crippen LogP contribution in [0, 0.1) is 11.6 Å². The van der Waals surface area contributed by atoms with Gasteiger partial charge in [0, 0.05) is 12.1 Å². The fourth-order valence-corrected chi connectivity index (χ4v) is 3.80. The number of aromatic nitrogens is 3. The zero-order valence-corrected chi connectivity index (χ0v) is 17.5. The van der Waals surface area contributed by atoms with Crippen LogP contribution < -0.4 is 0 Å². The third-order valence-electron chi connectivity index (χ3n) is 4.62. The number of rotatable bonds is 6. The Morgan fingerprint density at radius 3 is 2.65 bits per heavy atom. The molecule has 9 heteroatoms. The highest BCUT2D eigenvalue weighted by Gasteiger charge is 2.21. The Morgan fingerprint density at radius 2 is 1.97 bits per heavy atom. The lowest BCUT2D eigenvalue weighted by Gasteiger charge is -2.10. The van der Waals surface area contributed by atoms with Crippen molar-refractivity contribution in [2.24, 2.45) is 0 Å². The van der Waals surface area contributed by atoms with E-state index in [1.54, 1.807) is 10.7 Å². The number of hydrogen-bond acceptors (Lipinski definition) is 6. The molecule has 0 bridgehead atoms. The van der Waals surface area contributed by atoms with E-state index in [-0.39, 0.29) is 17.2 Å². The average molecular weight is 441 g/mol. The Balaban J connectivity index is 1.66. The summed E-state index contributed by atoms with van der Waals surface area (Å²) in [5.41, 5.74) is 0.949. The van der Waals surface area contributed by atoms with Crippen molar-refractivity contribution in [1.29, 1.82) is 0 Å². The van der Waals surface area contributed by atoms with Crippen molar-refractivity contribution in [3.05, 3.63) is 70.7 Å². The molecule has 4 rings (SSSR count). The number of ether oxygens (including phenoxy) is 1. The number of carbonyl (C=O) groups is 2. The molecule has 0 fully saturated rings. The largest absolute Gasteiger partial charge is 0.454 e. The molecule has 0 saturated carbocycles. The van der Waals surface area contributed by atoms with Gasteiger partial charge in [-0.05, 0) is 43.5 Å². The molecule has 0 unspecified atom stereocenters. The molecule has 0 N–H and O–H groups in total. The van der Waals surface area contributed by atoms with Crippen LogP contribution in [0.15, 0.2) is 48.0 Å². The van der Waals surface area contributed by atoms with Gasteiger partial charge in [-0.2, -0.15) is 5.10 Å². The van der Waals surface area contributed by atoms with Gasteiger partial charge in [0.25, 0.3) is 0 Å². The molecule has 3 aromatic heterocycles. The Bertz CT molecular complexity index is 1280. The highest BCUT2D eigenvalue weighted by Crippen LogP contribution is 2.29. The van der Waals surface area contributed by atoms with E-state index >= 15 is 0 Å². The predicted molar refractivity (Wildman–Crippen MR) is 112 cm³/mol. The molecule has 0 saturated heterocycles. The second kappa shape index (κ2) is 8.35. The first-order chi connectivity index (χ1) is 14.8. The minimum absolute atomic E-state index is 0.00971. The number of thiophene rings is 1. The first-order valence-electron chi connectivity index (χ1n) is 9.42. The molecule has 0 spiro atoms. The van der Waals surface area contributed by atoms with Gasteiger partial charge >= 0.3 is 5.97 Å². The van der Waals surface area contributed by atoms with Gasteiger partial charge in [-0.1, -0.05) is 6.07 Å². The van der Waals surface area contributed by atoms with Crippen molar-refractivity contribution >= 4 is 34.1 Å². The van der Waals surface area contributed by atoms with Crippen LogP contribution in [0.2, 0.25) is 0 Å². The molecule has 0 aliphatic carbocycles. The summed E-state index contributed by atoms with van der Waals surface area (Å²) in [6.07, 6.45) is 1.53. The topological polar surface area (TPSA) is 74.1 Å². The Labute approximate surface area is 180 Å². The molecule has 158 valence electrons. The Kier molecular flexibility index (Phi) is 5.60. The van der Waals surface area contributed by atoms with Gasteiger partial charge in [0.2, 0.25) is 5.78 Å². The molecule has 4 aromatic rings. The standard InChI is InChI=1S/C22H17F2N3O3S/c1-12(2)27-21-16(10-25-27)15(9-18(26-21)20-4-3-7-31-20)22(29)30-11-19(28)14-6-5-13(23)8-17(14)24/h3-10,12H,11H2,1-2H3. The van der Waals surface area contributed by atoms with Crippen molar-refractivity contribution in [3.8, 4) is 10.6 Å². The fraction of sp³-hybridized carbons (Fsp3) is 0.182. The number of Topliss-reactive ketones (excluding diaryl/α,β-unsaturated/α-hetero) is 1. The number of carbonyl (C=O) groups excluding carboxylic acids is 2. The van der Waals surface area contributed by atoms with Crippen molar-refractivity contribution in [1.82, 2.24) is 14.8 Å². The van der Waals surface area contributed by atoms with E-state index in [1.807, 2.05) is 31.4 Å². The van der Waals surface area contributed by atoms with E-state index in [9.17, 15) is 18.4 Å². The van der Waals surface area contributed by atoms with Crippen LogP contribution in [0.4, 0.5) is 8.78 Å². The molecule has 3 heterocycles. The Hall–Kier alpha value is -3.46. The number of ketones is 1. The van der Waals surface area contributed by atoms with E-state index in [2.05, 4.69) is 10.1 Å². The maximum Gasteiger partial charge on any atom is 0.339 e. The minimum Gasteiger partial charge on any atom is -0.454 e. The lowest BCUT2D eigenvalue weighted by molar-refractivity contribution is 0.0475. The van der Waals surface area contributed by atoms with Crippen LogP contribution in [0.5, 0.6) is 0 Å². The van der Waals surface area contributed by atoms with E-state index in [1.165, 1.54) is 17.5 Å². The van der Waals surface area contributed by atoms with Crippen LogP contribution in [-0.4, -0.2) is 33.1 Å². The Morgan fingerprint density at radius 1 is 1.16 bits per heavy atom. The summed E-state index contributed by atoms with van der Waals surface area (Å²) in [7, 11) is 0. The van der Waals surface area contributed by atoms with Crippen LogP contribution in [0.3, 0.4) is 0 Å². The summed E-state index contributed by atoms with van der Waals surface area (Å²) < 4.78 is 33.7. The zero-order chi connectivity index (χ0) is 22.1. The van der Waals surface area contributed by atoms with E-state index in [0.717, 1.165) is 17.0 Å². The maximum atomic E-state index is 13.8. The lowest BCUT2D eigenvalue weighted by atomic mass is 10.1. The summed E-state index contributed by atoms with van der Waals surface area (Å²) in [5, 5.41) is 6.70. The quantitative estimate of drug-likeness (QED) is 0.309. The SMILES string of the molecule is CC(C)n1ncc2c(C(=O)OCC(=O)c3ccc(F)cc3F)cc(-c3cccs3)nc21. The lowest BCUT2D eigenvalue weighted by Crippen LogP contribution is -2.16. The van der Waals surface area contributed by atoms with Crippen molar-refractivity contribution in [2.45, 2.75) is 19.9 Å². The molecule has 0 atom stereocenters. The molecule has 6 nitrogen and oxygen atoms in total.